The van der Waals surface area contributed by atoms with E-state index in [1.807, 2.05) is 11.8 Å². The summed E-state index contributed by atoms with van der Waals surface area (Å²) >= 11 is 0. The number of hydrogen-bond acceptors (Lipinski definition) is 4. The largest absolute Gasteiger partial charge is 0.494 e. The lowest BCUT2D eigenvalue weighted by Crippen LogP contribution is -2.50. The minimum Gasteiger partial charge on any atom is -0.494 e. The molecule has 1 aromatic carbocycles. The van der Waals surface area contributed by atoms with Crippen molar-refractivity contribution in [2.45, 2.75) is 24.9 Å². The number of halogens is 1. The van der Waals surface area contributed by atoms with Gasteiger partial charge in [0.05, 0.1) is 7.11 Å². The zero-order chi connectivity index (χ0) is 14.9. The number of rotatable bonds is 4. The second-order valence-corrected chi connectivity index (χ2v) is 5.25. The van der Waals surface area contributed by atoms with E-state index in [-0.39, 0.29) is 18.3 Å². The summed E-state index contributed by atoms with van der Waals surface area (Å²) in [6.07, 6.45) is 0.394. The van der Waals surface area contributed by atoms with Crippen LogP contribution in [0.15, 0.2) is 18.2 Å². The summed E-state index contributed by atoms with van der Waals surface area (Å²) in [6, 6.07) is 4.68. The summed E-state index contributed by atoms with van der Waals surface area (Å²) in [4.78, 5) is 13.1. The molecule has 3 N–H and O–H groups in total. The first-order valence-electron chi connectivity index (χ1n) is 6.47. The van der Waals surface area contributed by atoms with Crippen LogP contribution >= 0.6 is 0 Å². The fraction of sp³-hybridized carbons (Fsp3) is 0.500. The van der Waals surface area contributed by atoms with Gasteiger partial charge in [-0.15, -0.1) is 0 Å². The van der Waals surface area contributed by atoms with E-state index in [4.69, 9.17) is 15.6 Å². The van der Waals surface area contributed by atoms with Gasteiger partial charge in [0.25, 0.3) is 0 Å². The van der Waals surface area contributed by atoms with Gasteiger partial charge in [-0.25, -0.2) is 4.39 Å². The van der Waals surface area contributed by atoms with Gasteiger partial charge in [-0.2, -0.15) is 0 Å². The van der Waals surface area contributed by atoms with Crippen molar-refractivity contribution in [2.24, 2.45) is 5.73 Å². The molecule has 0 aromatic heterocycles. The Bertz CT molecular complexity index is 523. The van der Waals surface area contributed by atoms with E-state index in [1.165, 1.54) is 13.2 Å². The number of carboxylic acids is 1. The number of aliphatic carboxylic acids is 1. The maximum Gasteiger partial charge on any atom is 0.325 e. The molecule has 1 aromatic rings. The summed E-state index contributed by atoms with van der Waals surface area (Å²) in [7, 11) is 1.41. The molecule has 1 heterocycles. The predicted molar refractivity (Wildman–Crippen MR) is 72.1 cm³/mol. The molecule has 0 radical (unpaired) electrons. The minimum atomic E-state index is -1.21. The molecule has 1 saturated heterocycles. The van der Waals surface area contributed by atoms with Gasteiger partial charge in [-0.05, 0) is 31.0 Å². The Labute approximate surface area is 117 Å². The van der Waals surface area contributed by atoms with Crippen molar-refractivity contribution in [1.29, 1.82) is 0 Å². The molecule has 2 rings (SSSR count). The first kappa shape index (κ1) is 14.7. The topological polar surface area (TPSA) is 75.8 Å². The first-order valence-corrected chi connectivity index (χ1v) is 6.47. The Morgan fingerprint density at radius 2 is 2.30 bits per heavy atom. The molecule has 2 unspecified atom stereocenters. The maximum atomic E-state index is 13.7. The molecule has 5 nitrogen and oxygen atoms in total. The Morgan fingerprint density at radius 3 is 2.80 bits per heavy atom. The molecule has 1 fully saturated rings. The van der Waals surface area contributed by atoms with Crippen LogP contribution in [-0.4, -0.2) is 41.7 Å². The van der Waals surface area contributed by atoms with Crippen molar-refractivity contribution in [3.8, 4) is 5.75 Å². The summed E-state index contributed by atoms with van der Waals surface area (Å²) in [5.74, 6) is -1.22. The molecular weight excluding hydrogens is 263 g/mol. The fourth-order valence-corrected chi connectivity index (χ4v) is 2.52. The number of likely N-dealkylation sites (tertiary alicyclic amines) is 1. The first-order chi connectivity index (χ1) is 9.37. The third-order valence-corrected chi connectivity index (χ3v) is 3.96. The molecule has 0 bridgehead atoms. The van der Waals surface area contributed by atoms with Gasteiger partial charge in [0.2, 0.25) is 0 Å². The van der Waals surface area contributed by atoms with Crippen molar-refractivity contribution in [1.82, 2.24) is 4.90 Å². The molecule has 2 atom stereocenters. The number of nitrogens with zero attached hydrogens (tertiary/aromatic N) is 1. The molecule has 0 saturated carbocycles. The van der Waals surface area contributed by atoms with E-state index in [0.717, 1.165) is 5.56 Å². The van der Waals surface area contributed by atoms with Crippen LogP contribution in [0.5, 0.6) is 5.75 Å². The number of carbonyl (C=O) groups is 1. The van der Waals surface area contributed by atoms with E-state index in [9.17, 15) is 9.18 Å². The van der Waals surface area contributed by atoms with Crippen LogP contribution in [-0.2, 0) is 4.79 Å². The number of hydrogen-bond donors (Lipinski definition) is 2. The van der Waals surface area contributed by atoms with Crippen LogP contribution in [0, 0.1) is 5.82 Å². The van der Waals surface area contributed by atoms with Crippen LogP contribution in [0.25, 0.3) is 0 Å². The van der Waals surface area contributed by atoms with Crippen LogP contribution < -0.4 is 10.5 Å². The van der Waals surface area contributed by atoms with Crippen LogP contribution in [0.2, 0.25) is 0 Å². The van der Waals surface area contributed by atoms with Crippen molar-refractivity contribution >= 4 is 5.97 Å². The van der Waals surface area contributed by atoms with Gasteiger partial charge in [0.1, 0.15) is 5.54 Å². The predicted octanol–water partition coefficient (Wildman–Crippen LogP) is 1.38. The Balaban J connectivity index is 2.15. The van der Waals surface area contributed by atoms with E-state index >= 15 is 0 Å². The lowest BCUT2D eigenvalue weighted by molar-refractivity contribution is -0.142. The Morgan fingerprint density at radius 1 is 1.60 bits per heavy atom. The molecule has 1 aliphatic heterocycles. The third-order valence-electron chi connectivity index (χ3n) is 3.96. The second kappa shape index (κ2) is 5.38. The van der Waals surface area contributed by atoms with Gasteiger partial charge < -0.3 is 15.6 Å². The molecule has 1 aliphatic rings. The third kappa shape index (κ3) is 2.62. The number of nitrogens with two attached hydrogens (primary N) is 1. The highest BCUT2D eigenvalue weighted by molar-refractivity contribution is 5.79. The summed E-state index contributed by atoms with van der Waals surface area (Å²) in [6.45, 7) is 2.75. The standard InChI is InChI=1S/C14H19FN2O3/c1-9(10-3-4-12(20-2)11(15)7-10)17-6-5-14(16,8-17)13(18)19/h3-4,7,9H,5-6,8,16H2,1-2H3,(H,18,19). The van der Waals surface area contributed by atoms with Crippen LogP contribution in [0.4, 0.5) is 4.39 Å². The number of ether oxygens (including phenoxy) is 1. The quantitative estimate of drug-likeness (QED) is 0.872. The summed E-state index contributed by atoms with van der Waals surface area (Å²) < 4.78 is 18.6. The van der Waals surface area contributed by atoms with E-state index in [1.54, 1.807) is 12.1 Å². The van der Waals surface area contributed by atoms with Crippen LogP contribution in [0.3, 0.4) is 0 Å². The number of carboxylic acid groups (broad SMARTS) is 1. The lowest BCUT2D eigenvalue weighted by Gasteiger charge is -2.26. The highest BCUT2D eigenvalue weighted by atomic mass is 19.1. The normalized spacial score (nSPS) is 24.6. The highest BCUT2D eigenvalue weighted by Crippen LogP contribution is 2.30. The summed E-state index contributed by atoms with van der Waals surface area (Å²) in [5.41, 5.74) is 5.42. The molecule has 0 spiro atoms. The molecule has 20 heavy (non-hydrogen) atoms. The van der Waals surface area contributed by atoms with E-state index in [0.29, 0.717) is 13.0 Å². The Kier molecular flexibility index (Phi) is 3.96. The van der Waals surface area contributed by atoms with Crippen molar-refractivity contribution in [2.75, 3.05) is 20.2 Å². The average molecular weight is 282 g/mol. The Hall–Kier alpha value is -1.66. The van der Waals surface area contributed by atoms with Gasteiger partial charge in [0, 0.05) is 19.1 Å². The molecular formula is C14H19FN2O3. The number of methoxy groups -OCH3 is 1. The summed E-state index contributed by atoms with van der Waals surface area (Å²) in [5, 5.41) is 9.13. The van der Waals surface area contributed by atoms with Gasteiger partial charge in [-0.1, -0.05) is 6.07 Å². The number of benzene rings is 1. The fourth-order valence-electron chi connectivity index (χ4n) is 2.52. The lowest BCUT2D eigenvalue weighted by atomic mass is 10.0. The monoisotopic (exact) mass is 282 g/mol. The van der Waals surface area contributed by atoms with Crippen LogP contribution in [0.1, 0.15) is 24.9 Å². The smallest absolute Gasteiger partial charge is 0.325 e. The van der Waals surface area contributed by atoms with E-state index in [2.05, 4.69) is 0 Å². The zero-order valence-corrected chi connectivity index (χ0v) is 11.6. The average Bonchev–Trinajstić information content (AvgIpc) is 2.82. The highest BCUT2D eigenvalue weighted by Gasteiger charge is 2.42. The van der Waals surface area contributed by atoms with Crippen molar-refractivity contribution < 1.29 is 19.0 Å². The minimum absolute atomic E-state index is 0.0971. The van der Waals surface area contributed by atoms with E-state index < -0.39 is 17.3 Å². The molecule has 110 valence electrons. The van der Waals surface area contributed by atoms with Gasteiger partial charge in [-0.3, -0.25) is 9.69 Å². The zero-order valence-electron chi connectivity index (χ0n) is 11.6. The second-order valence-electron chi connectivity index (χ2n) is 5.25. The molecule has 6 heteroatoms. The van der Waals surface area contributed by atoms with Gasteiger partial charge >= 0.3 is 5.97 Å². The molecule has 0 amide bonds. The van der Waals surface area contributed by atoms with Crippen molar-refractivity contribution in [3.63, 3.8) is 0 Å². The van der Waals surface area contributed by atoms with Gasteiger partial charge in [0.15, 0.2) is 11.6 Å². The van der Waals surface area contributed by atoms with Crippen molar-refractivity contribution in [3.05, 3.63) is 29.6 Å². The molecule has 0 aliphatic carbocycles. The SMILES string of the molecule is COc1ccc(C(C)N2CCC(N)(C(=O)O)C2)cc1F. The maximum absolute atomic E-state index is 13.7.